The van der Waals surface area contributed by atoms with E-state index in [1.807, 2.05) is 0 Å². The molecule has 1 aliphatic heterocycles. The summed E-state index contributed by atoms with van der Waals surface area (Å²) in [6, 6.07) is 6.65. The van der Waals surface area contributed by atoms with Crippen molar-refractivity contribution in [1.29, 1.82) is 0 Å². The number of alkyl halides is 3. The van der Waals surface area contributed by atoms with Crippen molar-refractivity contribution in [3.05, 3.63) is 53.0 Å². The smallest absolute Gasteiger partial charge is 0.382 e. The largest absolute Gasteiger partial charge is 0.433 e. The molecule has 1 aromatic carbocycles. The molecule has 31 heavy (non-hydrogen) atoms. The van der Waals surface area contributed by atoms with Gasteiger partial charge < -0.3 is 10.2 Å². The number of fused-ring (bicyclic) bond motifs is 1. The molecule has 1 atom stereocenters. The predicted octanol–water partition coefficient (Wildman–Crippen LogP) is 4.12. The third-order valence-corrected chi connectivity index (χ3v) is 5.25. The normalized spacial score (nSPS) is 18.7. The number of carbonyl (C=O) groups is 1. The van der Waals surface area contributed by atoms with Crippen LogP contribution >= 0.6 is 0 Å². The van der Waals surface area contributed by atoms with E-state index in [-0.39, 0.29) is 23.8 Å². The summed E-state index contributed by atoms with van der Waals surface area (Å²) in [4.78, 5) is 21.5. The maximum absolute atomic E-state index is 13.2. The number of hydrogen-bond acceptors (Lipinski definition) is 5. The van der Waals surface area contributed by atoms with E-state index in [1.165, 1.54) is 24.3 Å². The number of nitrogens with zero attached hydrogens (tertiary/aromatic N) is 3. The van der Waals surface area contributed by atoms with Gasteiger partial charge >= 0.3 is 6.18 Å². The van der Waals surface area contributed by atoms with Gasteiger partial charge in [-0.15, -0.1) is 0 Å². The quantitative estimate of drug-likeness (QED) is 0.606. The number of amides is 1. The number of oxime groups is 1. The molecule has 0 radical (unpaired) electrons. The maximum atomic E-state index is 13.2. The molecule has 11 heteroatoms. The fourth-order valence-electron chi connectivity index (χ4n) is 3.54. The highest BCUT2D eigenvalue weighted by Gasteiger charge is 2.37. The fourth-order valence-corrected chi connectivity index (χ4v) is 3.54. The molecule has 0 spiro atoms. The summed E-state index contributed by atoms with van der Waals surface area (Å²) < 4.78 is 52.6. The second-order valence-corrected chi connectivity index (χ2v) is 7.50. The lowest BCUT2D eigenvalue weighted by Crippen LogP contribution is -2.28. The average Bonchev–Trinajstić information content (AvgIpc) is 3.31. The highest BCUT2D eigenvalue weighted by atomic mass is 19.4. The summed E-state index contributed by atoms with van der Waals surface area (Å²) in [5.41, 5.74) is 0.531. The van der Waals surface area contributed by atoms with Crippen molar-refractivity contribution in [2.24, 2.45) is 5.16 Å². The van der Waals surface area contributed by atoms with Crippen molar-refractivity contribution in [2.75, 3.05) is 5.32 Å². The zero-order valence-corrected chi connectivity index (χ0v) is 15.8. The molecule has 7 nitrogen and oxygen atoms in total. The molecule has 3 aromatic rings. The molecule has 3 heterocycles. The number of aromatic amines is 1. The Bertz CT molecular complexity index is 1200. The second kappa shape index (κ2) is 7.03. The first kappa shape index (κ1) is 19.5. The molecule has 1 unspecified atom stereocenters. The number of nitrogens with one attached hydrogen (secondary N) is 2. The van der Waals surface area contributed by atoms with E-state index in [4.69, 9.17) is 4.84 Å². The van der Waals surface area contributed by atoms with Crippen LogP contribution in [0.25, 0.3) is 11.0 Å². The molecule has 1 amide bonds. The van der Waals surface area contributed by atoms with E-state index >= 15 is 0 Å². The van der Waals surface area contributed by atoms with Gasteiger partial charge in [0.2, 0.25) is 6.10 Å². The Labute approximate surface area is 172 Å². The van der Waals surface area contributed by atoms with Gasteiger partial charge in [-0.05, 0) is 48.1 Å². The number of pyridine rings is 1. The van der Waals surface area contributed by atoms with Gasteiger partial charge in [0.1, 0.15) is 11.5 Å². The SMILES string of the molecule is O=C(Nc1n[nH]c2nc(C(F)(F)F)cc(C3CC3)c12)C1CC(c2ccc(F)cc2)=NO1. The van der Waals surface area contributed by atoms with Crippen molar-refractivity contribution in [3.63, 3.8) is 0 Å². The molecular formula is C20H15F4N5O2. The first-order valence-corrected chi connectivity index (χ1v) is 9.55. The van der Waals surface area contributed by atoms with Gasteiger partial charge in [-0.1, -0.05) is 17.3 Å². The van der Waals surface area contributed by atoms with Crippen molar-refractivity contribution < 1.29 is 27.2 Å². The van der Waals surface area contributed by atoms with Crippen molar-refractivity contribution >= 4 is 28.5 Å². The van der Waals surface area contributed by atoms with Gasteiger partial charge in [0.15, 0.2) is 11.5 Å². The number of hydrogen-bond donors (Lipinski definition) is 2. The highest BCUT2D eigenvalue weighted by molar-refractivity contribution is 6.07. The molecule has 0 saturated heterocycles. The van der Waals surface area contributed by atoms with Crippen LogP contribution in [0.15, 0.2) is 35.5 Å². The van der Waals surface area contributed by atoms with E-state index in [0.717, 1.165) is 18.9 Å². The van der Waals surface area contributed by atoms with Gasteiger partial charge in [-0.3, -0.25) is 9.89 Å². The topological polar surface area (TPSA) is 92.3 Å². The number of carbonyl (C=O) groups excluding carboxylic acids is 1. The lowest BCUT2D eigenvalue weighted by Gasteiger charge is -2.11. The Morgan fingerprint density at radius 1 is 1.19 bits per heavy atom. The molecule has 1 saturated carbocycles. The first-order chi connectivity index (χ1) is 14.8. The van der Waals surface area contributed by atoms with Gasteiger partial charge in [0.25, 0.3) is 5.91 Å². The molecule has 2 N–H and O–H groups in total. The lowest BCUT2D eigenvalue weighted by atomic mass is 10.0. The van der Waals surface area contributed by atoms with Crippen LogP contribution in [0.4, 0.5) is 23.4 Å². The van der Waals surface area contributed by atoms with Crippen LogP contribution < -0.4 is 5.32 Å². The van der Waals surface area contributed by atoms with Gasteiger partial charge in [0.05, 0.1) is 11.1 Å². The summed E-state index contributed by atoms with van der Waals surface area (Å²) in [6.45, 7) is 0. The van der Waals surface area contributed by atoms with E-state index in [0.29, 0.717) is 22.2 Å². The molecular weight excluding hydrogens is 418 g/mol. The number of H-pyrrole nitrogens is 1. The van der Waals surface area contributed by atoms with Crippen molar-refractivity contribution in [1.82, 2.24) is 15.2 Å². The van der Waals surface area contributed by atoms with Crippen LogP contribution in [0.1, 0.15) is 42.0 Å². The van der Waals surface area contributed by atoms with Crippen LogP contribution in [0, 0.1) is 5.82 Å². The number of halogens is 4. The molecule has 2 aromatic heterocycles. The number of anilines is 1. The van der Waals surface area contributed by atoms with Crippen LogP contribution in [0.3, 0.4) is 0 Å². The minimum Gasteiger partial charge on any atom is -0.382 e. The van der Waals surface area contributed by atoms with Crippen LogP contribution in [-0.4, -0.2) is 32.9 Å². The number of benzene rings is 1. The van der Waals surface area contributed by atoms with E-state index in [1.54, 1.807) is 0 Å². The van der Waals surface area contributed by atoms with Crippen LogP contribution in [-0.2, 0) is 15.8 Å². The summed E-state index contributed by atoms with van der Waals surface area (Å²) in [6.07, 6.45) is -3.85. The van der Waals surface area contributed by atoms with E-state index < -0.39 is 29.7 Å². The van der Waals surface area contributed by atoms with Crippen molar-refractivity contribution in [3.8, 4) is 0 Å². The molecule has 5 rings (SSSR count). The zero-order valence-electron chi connectivity index (χ0n) is 15.8. The Morgan fingerprint density at radius 2 is 1.94 bits per heavy atom. The second-order valence-electron chi connectivity index (χ2n) is 7.50. The van der Waals surface area contributed by atoms with Gasteiger partial charge in [-0.25, -0.2) is 9.37 Å². The molecule has 1 aliphatic carbocycles. The molecule has 1 fully saturated rings. The summed E-state index contributed by atoms with van der Waals surface area (Å²) in [5, 5.41) is 13.3. The third kappa shape index (κ3) is 3.71. The summed E-state index contributed by atoms with van der Waals surface area (Å²) in [7, 11) is 0. The zero-order chi connectivity index (χ0) is 21.8. The Balaban J connectivity index is 1.37. The van der Waals surface area contributed by atoms with Gasteiger partial charge in [0, 0.05) is 6.42 Å². The summed E-state index contributed by atoms with van der Waals surface area (Å²) >= 11 is 0. The predicted molar refractivity (Wildman–Crippen MR) is 102 cm³/mol. The highest BCUT2D eigenvalue weighted by Crippen LogP contribution is 2.46. The molecule has 160 valence electrons. The Kier molecular flexibility index (Phi) is 4.42. The van der Waals surface area contributed by atoms with Crippen LogP contribution in [0.5, 0.6) is 0 Å². The van der Waals surface area contributed by atoms with Gasteiger partial charge in [-0.2, -0.15) is 18.3 Å². The Morgan fingerprint density at radius 3 is 2.61 bits per heavy atom. The molecule has 2 aliphatic rings. The van der Waals surface area contributed by atoms with E-state index in [9.17, 15) is 22.4 Å². The number of aromatic nitrogens is 3. The average molecular weight is 433 g/mol. The lowest BCUT2D eigenvalue weighted by molar-refractivity contribution is -0.141. The molecule has 0 bridgehead atoms. The first-order valence-electron chi connectivity index (χ1n) is 9.55. The standard InChI is InChI=1S/C20H15F4N5O2/c21-11-5-3-10(4-6-11)13-8-14(31-29-13)19(30)26-18-16-12(9-1-2-9)7-15(20(22,23)24)25-17(16)27-28-18/h3-7,9,14H,1-2,8H2,(H2,25,26,27,28,30). The maximum Gasteiger partial charge on any atom is 0.433 e. The Hall–Kier alpha value is -3.50. The fraction of sp³-hybridized carbons (Fsp3) is 0.300. The van der Waals surface area contributed by atoms with Crippen molar-refractivity contribution in [2.45, 2.75) is 37.5 Å². The third-order valence-electron chi connectivity index (χ3n) is 5.25. The monoisotopic (exact) mass is 433 g/mol. The summed E-state index contributed by atoms with van der Waals surface area (Å²) in [5.74, 6) is -0.870. The minimum atomic E-state index is -4.59. The number of rotatable bonds is 4. The minimum absolute atomic E-state index is 0.0315. The van der Waals surface area contributed by atoms with Crippen LogP contribution in [0.2, 0.25) is 0 Å². The van der Waals surface area contributed by atoms with E-state index in [2.05, 4.69) is 25.7 Å².